The summed E-state index contributed by atoms with van der Waals surface area (Å²) in [5, 5.41) is 3.59. The molecule has 0 saturated carbocycles. The predicted octanol–water partition coefficient (Wildman–Crippen LogP) is 2.43. The van der Waals surface area contributed by atoms with Gasteiger partial charge in [0, 0.05) is 19.1 Å². The SMILES string of the molecule is CC[C@@H](C)N1C(=O)[C@@H](C(C)C)NC12CCN(S(=O)(=O)c1ccc(OC)cc1)CC2. The summed E-state index contributed by atoms with van der Waals surface area (Å²) in [6.07, 6.45) is 2.04. The maximum Gasteiger partial charge on any atom is 0.243 e. The highest BCUT2D eigenvalue weighted by Crippen LogP contribution is 2.37. The zero-order valence-electron chi connectivity index (χ0n) is 18.0. The van der Waals surface area contributed by atoms with Crippen molar-refractivity contribution in [2.24, 2.45) is 5.92 Å². The number of carbonyl (C=O) groups excluding carboxylic acids is 1. The van der Waals surface area contributed by atoms with E-state index in [4.69, 9.17) is 4.74 Å². The van der Waals surface area contributed by atoms with Gasteiger partial charge in [-0.3, -0.25) is 10.1 Å². The van der Waals surface area contributed by atoms with Crippen LogP contribution in [0, 0.1) is 5.92 Å². The number of nitrogens with one attached hydrogen (secondary N) is 1. The van der Waals surface area contributed by atoms with E-state index in [-0.39, 0.29) is 28.8 Å². The van der Waals surface area contributed by atoms with Gasteiger partial charge < -0.3 is 9.64 Å². The molecule has 1 amide bonds. The first-order valence-corrected chi connectivity index (χ1v) is 11.9. The topological polar surface area (TPSA) is 79.0 Å². The number of amides is 1. The molecule has 162 valence electrons. The Bertz CT molecular complexity index is 830. The third-order valence-electron chi connectivity index (χ3n) is 6.33. The van der Waals surface area contributed by atoms with Gasteiger partial charge >= 0.3 is 0 Å². The van der Waals surface area contributed by atoms with Crippen LogP contribution >= 0.6 is 0 Å². The maximum absolute atomic E-state index is 13.1. The summed E-state index contributed by atoms with van der Waals surface area (Å²) in [7, 11) is -2.02. The van der Waals surface area contributed by atoms with E-state index in [1.165, 1.54) is 4.31 Å². The maximum atomic E-state index is 13.1. The number of nitrogens with zero attached hydrogens (tertiary/aromatic N) is 2. The molecule has 29 heavy (non-hydrogen) atoms. The van der Waals surface area contributed by atoms with Crippen molar-refractivity contribution in [2.75, 3.05) is 20.2 Å². The number of carbonyl (C=O) groups is 1. The number of hydrogen-bond acceptors (Lipinski definition) is 5. The average Bonchev–Trinajstić information content (AvgIpc) is 2.99. The molecule has 1 N–H and O–H groups in total. The van der Waals surface area contributed by atoms with Crippen LogP contribution in [0.15, 0.2) is 29.2 Å². The standard InChI is InChI=1S/C21H33N3O4S/c1-6-16(4)24-20(25)19(15(2)3)22-21(24)11-13-23(14-12-21)29(26,27)18-9-7-17(28-5)8-10-18/h7-10,15-16,19,22H,6,11-14H2,1-5H3/t16-,19-/m1/s1. The van der Waals surface area contributed by atoms with Crippen LogP contribution in [0.25, 0.3) is 0 Å². The number of methoxy groups -OCH3 is 1. The van der Waals surface area contributed by atoms with Crippen LogP contribution in [-0.2, 0) is 14.8 Å². The molecule has 2 heterocycles. The highest BCUT2D eigenvalue weighted by Gasteiger charge is 2.54. The molecular formula is C21H33N3O4S. The van der Waals surface area contributed by atoms with Gasteiger partial charge in [-0.15, -0.1) is 0 Å². The van der Waals surface area contributed by atoms with E-state index in [0.29, 0.717) is 31.7 Å². The van der Waals surface area contributed by atoms with Gasteiger partial charge in [0.15, 0.2) is 0 Å². The smallest absolute Gasteiger partial charge is 0.243 e. The van der Waals surface area contributed by atoms with Crippen molar-refractivity contribution < 1.29 is 17.9 Å². The summed E-state index contributed by atoms with van der Waals surface area (Å²) in [6.45, 7) is 9.01. The highest BCUT2D eigenvalue weighted by molar-refractivity contribution is 7.89. The van der Waals surface area contributed by atoms with E-state index in [1.54, 1.807) is 31.4 Å². The van der Waals surface area contributed by atoms with Crippen molar-refractivity contribution in [2.45, 2.75) is 69.6 Å². The third kappa shape index (κ3) is 3.90. The van der Waals surface area contributed by atoms with Crippen LogP contribution in [0.1, 0.15) is 47.0 Å². The second-order valence-electron chi connectivity index (χ2n) is 8.44. The Morgan fingerprint density at radius 2 is 1.76 bits per heavy atom. The van der Waals surface area contributed by atoms with Crippen molar-refractivity contribution in [3.05, 3.63) is 24.3 Å². The average molecular weight is 424 g/mol. The molecule has 8 heteroatoms. The van der Waals surface area contributed by atoms with Gasteiger partial charge in [-0.25, -0.2) is 8.42 Å². The Morgan fingerprint density at radius 3 is 2.24 bits per heavy atom. The van der Waals surface area contributed by atoms with E-state index < -0.39 is 15.7 Å². The number of hydrogen-bond donors (Lipinski definition) is 1. The largest absolute Gasteiger partial charge is 0.497 e. The molecule has 2 aliphatic heterocycles. The van der Waals surface area contributed by atoms with Gasteiger partial charge in [0.05, 0.1) is 23.7 Å². The Morgan fingerprint density at radius 1 is 1.17 bits per heavy atom. The minimum Gasteiger partial charge on any atom is -0.497 e. The molecule has 0 radical (unpaired) electrons. The van der Waals surface area contributed by atoms with Crippen LogP contribution in [0.2, 0.25) is 0 Å². The lowest BCUT2D eigenvalue weighted by Crippen LogP contribution is -2.61. The van der Waals surface area contributed by atoms with Crippen molar-refractivity contribution in [1.29, 1.82) is 0 Å². The molecule has 0 aromatic heterocycles. The summed E-state index contributed by atoms with van der Waals surface area (Å²) in [5.41, 5.74) is -0.465. The Labute approximate surface area is 174 Å². The quantitative estimate of drug-likeness (QED) is 0.760. The first-order valence-electron chi connectivity index (χ1n) is 10.4. The summed E-state index contributed by atoms with van der Waals surface area (Å²) in [4.78, 5) is 15.4. The number of sulfonamides is 1. The molecular weight excluding hydrogens is 390 g/mol. The van der Waals surface area contributed by atoms with E-state index in [0.717, 1.165) is 6.42 Å². The summed E-state index contributed by atoms with van der Waals surface area (Å²) in [5.74, 6) is 0.953. The molecule has 2 saturated heterocycles. The lowest BCUT2D eigenvalue weighted by molar-refractivity contribution is -0.136. The molecule has 2 fully saturated rings. The van der Waals surface area contributed by atoms with E-state index in [9.17, 15) is 13.2 Å². The van der Waals surface area contributed by atoms with Gasteiger partial charge in [-0.1, -0.05) is 20.8 Å². The monoisotopic (exact) mass is 423 g/mol. The Balaban J connectivity index is 1.81. The first kappa shape index (κ1) is 22.1. The number of rotatable bonds is 6. The van der Waals surface area contributed by atoms with Crippen molar-refractivity contribution in [3.63, 3.8) is 0 Å². The van der Waals surface area contributed by atoms with Crippen LogP contribution in [-0.4, -0.2) is 61.5 Å². The van der Waals surface area contributed by atoms with Crippen LogP contribution in [0.5, 0.6) is 5.75 Å². The molecule has 1 aromatic carbocycles. The van der Waals surface area contributed by atoms with Gasteiger partial charge in [-0.2, -0.15) is 4.31 Å². The fourth-order valence-electron chi connectivity index (χ4n) is 4.43. The minimum absolute atomic E-state index is 0.114. The number of piperidine rings is 1. The normalized spacial score (nSPS) is 23.7. The minimum atomic E-state index is -3.57. The molecule has 1 aromatic rings. The summed E-state index contributed by atoms with van der Waals surface area (Å²) < 4.78 is 32.8. The molecule has 7 nitrogen and oxygen atoms in total. The van der Waals surface area contributed by atoms with Crippen molar-refractivity contribution >= 4 is 15.9 Å². The van der Waals surface area contributed by atoms with E-state index in [1.807, 2.05) is 18.7 Å². The van der Waals surface area contributed by atoms with Crippen molar-refractivity contribution in [3.8, 4) is 5.75 Å². The Hall–Kier alpha value is -1.64. The van der Waals surface area contributed by atoms with Crippen LogP contribution in [0.4, 0.5) is 0 Å². The molecule has 2 aliphatic rings. The first-order chi connectivity index (χ1) is 13.7. The van der Waals surface area contributed by atoms with E-state index in [2.05, 4.69) is 19.2 Å². The van der Waals surface area contributed by atoms with Crippen molar-refractivity contribution in [1.82, 2.24) is 14.5 Å². The number of benzene rings is 1. The summed E-state index contributed by atoms with van der Waals surface area (Å²) >= 11 is 0. The zero-order chi connectivity index (χ0) is 21.4. The van der Waals surface area contributed by atoms with Gasteiger partial charge in [-0.05, 0) is 56.4 Å². The lowest BCUT2D eigenvalue weighted by Gasteiger charge is -2.46. The van der Waals surface area contributed by atoms with E-state index >= 15 is 0 Å². The molecule has 1 spiro atoms. The lowest BCUT2D eigenvalue weighted by atomic mass is 9.95. The molecule has 0 bridgehead atoms. The molecule has 0 unspecified atom stereocenters. The number of ether oxygens (including phenoxy) is 1. The summed E-state index contributed by atoms with van der Waals surface area (Å²) in [6, 6.07) is 6.38. The van der Waals surface area contributed by atoms with Gasteiger partial charge in [0.1, 0.15) is 5.75 Å². The van der Waals surface area contributed by atoms with Crippen LogP contribution < -0.4 is 10.1 Å². The van der Waals surface area contributed by atoms with Gasteiger partial charge in [0.2, 0.25) is 15.9 Å². The van der Waals surface area contributed by atoms with Gasteiger partial charge in [0.25, 0.3) is 0 Å². The second kappa shape index (κ2) is 8.24. The van der Waals surface area contributed by atoms with Crippen LogP contribution in [0.3, 0.4) is 0 Å². The molecule has 3 rings (SSSR count). The second-order valence-corrected chi connectivity index (χ2v) is 10.4. The zero-order valence-corrected chi connectivity index (χ0v) is 18.8. The fourth-order valence-corrected chi connectivity index (χ4v) is 5.87. The third-order valence-corrected chi connectivity index (χ3v) is 8.25. The molecule has 2 atom stereocenters. The predicted molar refractivity (Wildman–Crippen MR) is 112 cm³/mol. The molecule has 0 aliphatic carbocycles. The fraction of sp³-hybridized carbons (Fsp3) is 0.667. The Kier molecular flexibility index (Phi) is 6.27. The highest BCUT2D eigenvalue weighted by atomic mass is 32.2.